The topological polar surface area (TPSA) is 52.1 Å². The predicted octanol–water partition coefficient (Wildman–Crippen LogP) is 2.60. The van der Waals surface area contributed by atoms with E-state index in [1.54, 1.807) is 0 Å². The van der Waals surface area contributed by atoms with E-state index < -0.39 is 5.97 Å². The third kappa shape index (κ3) is 3.89. The molecule has 0 spiro atoms. The van der Waals surface area contributed by atoms with Crippen LogP contribution in [0.5, 0.6) is 0 Å². The monoisotopic (exact) mass is 236 g/mol. The molecule has 78 valence electrons. The van der Waals surface area contributed by atoms with Crippen LogP contribution in [0.1, 0.15) is 24.3 Å². The number of nitrogens with zero attached hydrogens (tertiary/aromatic N) is 2. The number of rotatable bonds is 1. The summed E-state index contributed by atoms with van der Waals surface area (Å²) in [5.41, 5.74) is 0.0440. The van der Waals surface area contributed by atoms with Crippen LogP contribution in [-0.2, 0) is 4.74 Å². The van der Waals surface area contributed by atoms with Crippen molar-refractivity contribution in [3.63, 3.8) is 0 Å². The molecule has 1 aromatic rings. The molecule has 0 unspecified atom stereocenters. The van der Waals surface area contributed by atoms with E-state index in [9.17, 15) is 4.79 Å². The number of methoxy groups -OCH3 is 1. The van der Waals surface area contributed by atoms with E-state index in [2.05, 4.69) is 14.7 Å². The van der Waals surface area contributed by atoms with Gasteiger partial charge in [-0.1, -0.05) is 25.4 Å². The number of ether oxygens (including phenoxy) is 1. The molecule has 0 aliphatic heterocycles. The second-order valence-electron chi connectivity index (χ2n) is 1.84. The maximum Gasteiger partial charge on any atom is 0.356 e. The number of hydrogen-bond donors (Lipinski definition) is 0. The summed E-state index contributed by atoms with van der Waals surface area (Å²) in [5, 5.41) is 0.0262. The zero-order valence-electron chi connectivity index (χ0n) is 8.04. The first-order valence-corrected chi connectivity index (χ1v) is 4.67. The number of carbonyl (C=O) groups excluding carboxylic acids is 1. The number of esters is 1. The highest BCUT2D eigenvalue weighted by Gasteiger charge is 2.09. The molecule has 0 N–H and O–H groups in total. The minimum Gasteiger partial charge on any atom is -0.464 e. The molecule has 0 fully saturated rings. The van der Waals surface area contributed by atoms with Crippen LogP contribution in [0.4, 0.5) is 0 Å². The van der Waals surface area contributed by atoms with Crippen LogP contribution in [0.2, 0.25) is 10.4 Å². The lowest BCUT2D eigenvalue weighted by atomic mass is 10.4. The Hall–Kier alpha value is -0.870. The van der Waals surface area contributed by atoms with Crippen molar-refractivity contribution in [3.05, 3.63) is 22.2 Å². The fourth-order valence-electron chi connectivity index (χ4n) is 0.599. The first kappa shape index (κ1) is 13.1. The van der Waals surface area contributed by atoms with Crippen molar-refractivity contribution < 1.29 is 9.53 Å². The van der Waals surface area contributed by atoms with E-state index in [-0.39, 0.29) is 16.1 Å². The van der Waals surface area contributed by atoms with Gasteiger partial charge in [0.15, 0.2) is 5.69 Å². The summed E-state index contributed by atoms with van der Waals surface area (Å²) < 4.78 is 4.40. The first-order chi connectivity index (χ1) is 6.63. The molecule has 0 saturated carbocycles. The molecule has 0 aromatic carbocycles. The maximum absolute atomic E-state index is 10.9. The molecular formula is C8H10Cl2N2O2. The van der Waals surface area contributed by atoms with Gasteiger partial charge in [0.25, 0.3) is 0 Å². The Balaban J connectivity index is 0.000000791. The highest BCUT2D eigenvalue weighted by atomic mass is 35.5. The highest BCUT2D eigenvalue weighted by molar-refractivity contribution is 6.32. The second-order valence-corrected chi connectivity index (χ2v) is 2.56. The van der Waals surface area contributed by atoms with Crippen LogP contribution in [0.15, 0.2) is 6.07 Å². The van der Waals surface area contributed by atoms with Crippen molar-refractivity contribution in [1.29, 1.82) is 0 Å². The minimum atomic E-state index is -0.596. The van der Waals surface area contributed by atoms with E-state index >= 15 is 0 Å². The largest absolute Gasteiger partial charge is 0.464 e. The molecular weight excluding hydrogens is 227 g/mol. The van der Waals surface area contributed by atoms with Crippen LogP contribution in [0.3, 0.4) is 0 Å². The highest BCUT2D eigenvalue weighted by Crippen LogP contribution is 2.10. The summed E-state index contributed by atoms with van der Waals surface area (Å²) in [5.74, 6) is -0.596. The van der Waals surface area contributed by atoms with Gasteiger partial charge in [-0.2, -0.15) is 0 Å². The van der Waals surface area contributed by atoms with Crippen LogP contribution in [0.25, 0.3) is 0 Å². The summed E-state index contributed by atoms with van der Waals surface area (Å²) in [6.45, 7) is 4.00. The molecule has 6 heteroatoms. The zero-order chi connectivity index (χ0) is 11.1. The molecule has 0 saturated heterocycles. The molecule has 1 aromatic heterocycles. The van der Waals surface area contributed by atoms with Gasteiger partial charge in [-0.3, -0.25) is 0 Å². The Morgan fingerprint density at radius 2 is 1.93 bits per heavy atom. The van der Waals surface area contributed by atoms with Gasteiger partial charge < -0.3 is 4.74 Å². The molecule has 0 aliphatic carbocycles. The number of hydrogen-bond acceptors (Lipinski definition) is 4. The van der Waals surface area contributed by atoms with Gasteiger partial charge in [0.05, 0.1) is 7.11 Å². The Morgan fingerprint density at radius 1 is 1.36 bits per heavy atom. The Morgan fingerprint density at radius 3 is 2.36 bits per heavy atom. The summed E-state index contributed by atoms with van der Waals surface area (Å²) in [6, 6.07) is 1.28. The smallest absolute Gasteiger partial charge is 0.356 e. The van der Waals surface area contributed by atoms with Crippen LogP contribution in [0, 0.1) is 0 Å². The summed E-state index contributed by atoms with van der Waals surface area (Å²) >= 11 is 10.9. The zero-order valence-corrected chi connectivity index (χ0v) is 9.56. The molecule has 1 heterocycles. The molecule has 0 bridgehead atoms. The van der Waals surface area contributed by atoms with Gasteiger partial charge in [0, 0.05) is 6.07 Å². The number of halogens is 2. The average molecular weight is 237 g/mol. The Labute approximate surface area is 92.2 Å². The Kier molecular flexibility index (Phi) is 6.16. The van der Waals surface area contributed by atoms with Crippen LogP contribution in [-0.4, -0.2) is 23.0 Å². The van der Waals surface area contributed by atoms with Crippen molar-refractivity contribution in [2.45, 2.75) is 13.8 Å². The third-order valence-electron chi connectivity index (χ3n) is 1.06. The summed E-state index contributed by atoms with van der Waals surface area (Å²) in [4.78, 5) is 18.1. The molecule has 0 radical (unpaired) electrons. The fourth-order valence-corrected chi connectivity index (χ4v) is 1.01. The summed E-state index contributed by atoms with van der Waals surface area (Å²) in [6.07, 6.45) is 0. The predicted molar refractivity (Wildman–Crippen MR) is 54.7 cm³/mol. The van der Waals surface area contributed by atoms with Gasteiger partial charge in [-0.15, -0.1) is 0 Å². The molecule has 0 atom stereocenters. The number of carbonyl (C=O) groups is 1. The standard InChI is InChI=1S/C6H4Cl2N2O2.C2H6/c1-12-5(11)3-2-4(7)10-6(8)9-3;1-2/h2H,1H3;1-2H3. The average Bonchev–Trinajstić information content (AvgIpc) is 2.18. The first-order valence-electron chi connectivity index (χ1n) is 3.92. The van der Waals surface area contributed by atoms with Gasteiger partial charge in [-0.25, -0.2) is 14.8 Å². The third-order valence-corrected chi connectivity index (χ3v) is 1.42. The van der Waals surface area contributed by atoms with Crippen molar-refractivity contribution in [2.75, 3.05) is 7.11 Å². The summed E-state index contributed by atoms with van der Waals surface area (Å²) in [7, 11) is 1.24. The normalized spacial score (nSPS) is 8.64. The minimum absolute atomic E-state index is 0.0440. The van der Waals surface area contributed by atoms with Gasteiger partial charge in [0.2, 0.25) is 5.28 Å². The van der Waals surface area contributed by atoms with Gasteiger partial charge in [-0.05, 0) is 11.6 Å². The van der Waals surface area contributed by atoms with E-state index in [4.69, 9.17) is 23.2 Å². The molecule has 0 aliphatic rings. The van der Waals surface area contributed by atoms with Crippen molar-refractivity contribution in [3.8, 4) is 0 Å². The van der Waals surface area contributed by atoms with E-state index in [1.165, 1.54) is 13.2 Å². The van der Waals surface area contributed by atoms with Crippen molar-refractivity contribution in [2.24, 2.45) is 0 Å². The lowest BCUT2D eigenvalue weighted by Crippen LogP contribution is -2.04. The molecule has 0 amide bonds. The van der Waals surface area contributed by atoms with E-state index in [0.29, 0.717) is 0 Å². The van der Waals surface area contributed by atoms with E-state index in [1.807, 2.05) is 13.8 Å². The molecule has 14 heavy (non-hydrogen) atoms. The van der Waals surface area contributed by atoms with Crippen molar-refractivity contribution in [1.82, 2.24) is 9.97 Å². The lowest BCUT2D eigenvalue weighted by Gasteiger charge is -1.98. The van der Waals surface area contributed by atoms with Gasteiger partial charge in [0.1, 0.15) is 5.15 Å². The second kappa shape index (κ2) is 6.56. The number of aromatic nitrogens is 2. The van der Waals surface area contributed by atoms with Crippen LogP contribution < -0.4 is 0 Å². The maximum atomic E-state index is 10.9. The van der Waals surface area contributed by atoms with Crippen LogP contribution >= 0.6 is 23.2 Å². The Bertz CT molecular complexity index is 298. The lowest BCUT2D eigenvalue weighted by molar-refractivity contribution is 0.0594. The quantitative estimate of drug-likeness (QED) is 0.428. The SMILES string of the molecule is CC.COC(=O)c1cc(Cl)nc(Cl)n1. The van der Waals surface area contributed by atoms with Crippen molar-refractivity contribution >= 4 is 29.2 Å². The molecule has 1 rings (SSSR count). The van der Waals surface area contributed by atoms with E-state index in [0.717, 1.165) is 0 Å². The molecule has 4 nitrogen and oxygen atoms in total. The fraction of sp³-hybridized carbons (Fsp3) is 0.375. The van der Waals surface area contributed by atoms with Gasteiger partial charge >= 0.3 is 5.97 Å².